The van der Waals surface area contributed by atoms with Crippen molar-refractivity contribution in [1.82, 2.24) is 9.78 Å². The van der Waals surface area contributed by atoms with Crippen LogP contribution in [0.5, 0.6) is 0 Å². The molecular formula is C15H21N3. The van der Waals surface area contributed by atoms with E-state index in [0.29, 0.717) is 0 Å². The molecule has 18 heavy (non-hydrogen) atoms. The van der Waals surface area contributed by atoms with Crippen LogP contribution in [0.3, 0.4) is 0 Å². The molecule has 0 radical (unpaired) electrons. The Bertz CT molecular complexity index is 550. The fourth-order valence-electron chi connectivity index (χ4n) is 3.19. The van der Waals surface area contributed by atoms with Gasteiger partial charge in [0, 0.05) is 24.4 Å². The Kier molecular flexibility index (Phi) is 2.86. The molecule has 1 aromatic heterocycles. The lowest BCUT2D eigenvalue weighted by Crippen LogP contribution is -2.43. The summed E-state index contributed by atoms with van der Waals surface area (Å²) >= 11 is 0. The number of nitrogens with zero attached hydrogens (tertiary/aromatic N) is 2. The number of hydrogen-bond acceptors (Lipinski definition) is 2. The van der Waals surface area contributed by atoms with E-state index in [-0.39, 0.29) is 5.54 Å². The normalized spacial score (nSPS) is 19.2. The van der Waals surface area contributed by atoms with Gasteiger partial charge in [0.05, 0.1) is 11.2 Å². The highest BCUT2D eigenvalue weighted by Gasteiger charge is 2.29. The van der Waals surface area contributed by atoms with Crippen molar-refractivity contribution in [1.29, 1.82) is 0 Å². The lowest BCUT2D eigenvalue weighted by molar-refractivity contribution is 0.292. The number of hydrogen-bond donors (Lipinski definition) is 1. The van der Waals surface area contributed by atoms with E-state index in [1.807, 2.05) is 11.7 Å². The minimum absolute atomic E-state index is 0.0324. The molecule has 1 aliphatic rings. The molecule has 0 saturated heterocycles. The molecule has 96 valence electrons. The highest BCUT2D eigenvalue weighted by molar-refractivity contribution is 5.81. The van der Waals surface area contributed by atoms with Crippen LogP contribution >= 0.6 is 0 Å². The van der Waals surface area contributed by atoms with Gasteiger partial charge >= 0.3 is 0 Å². The van der Waals surface area contributed by atoms with Crippen molar-refractivity contribution < 1.29 is 0 Å². The number of fused-ring (bicyclic) bond motifs is 1. The summed E-state index contributed by atoms with van der Waals surface area (Å²) in [6, 6.07) is 8.42. The highest BCUT2D eigenvalue weighted by Crippen LogP contribution is 2.30. The first-order chi connectivity index (χ1) is 8.68. The number of aromatic nitrogens is 2. The maximum Gasteiger partial charge on any atom is 0.0721 e. The molecule has 1 aliphatic carbocycles. The monoisotopic (exact) mass is 243 g/mol. The summed E-state index contributed by atoms with van der Waals surface area (Å²) in [6.45, 7) is 0. The molecule has 3 nitrogen and oxygen atoms in total. The maximum atomic E-state index is 6.54. The zero-order chi connectivity index (χ0) is 12.6. The van der Waals surface area contributed by atoms with E-state index >= 15 is 0 Å². The van der Waals surface area contributed by atoms with Crippen molar-refractivity contribution in [3.05, 3.63) is 30.0 Å². The van der Waals surface area contributed by atoms with E-state index in [1.54, 1.807) is 0 Å². The SMILES string of the molecule is Cn1nc(CC2(N)CCCCC2)c2ccccc21. The van der Waals surface area contributed by atoms with Crippen LogP contribution in [0.2, 0.25) is 0 Å². The Hall–Kier alpha value is -1.35. The number of benzene rings is 1. The van der Waals surface area contributed by atoms with Gasteiger partial charge in [0.2, 0.25) is 0 Å². The Labute approximate surface area is 108 Å². The Morgan fingerprint density at radius 3 is 2.72 bits per heavy atom. The summed E-state index contributed by atoms with van der Waals surface area (Å²) < 4.78 is 1.97. The van der Waals surface area contributed by atoms with Gasteiger partial charge in [-0.2, -0.15) is 5.10 Å². The Morgan fingerprint density at radius 1 is 1.22 bits per heavy atom. The van der Waals surface area contributed by atoms with Gasteiger partial charge in [-0.15, -0.1) is 0 Å². The number of para-hydroxylation sites is 1. The molecule has 1 aromatic carbocycles. The predicted octanol–water partition coefficient (Wildman–Crippen LogP) is 2.78. The first-order valence-corrected chi connectivity index (χ1v) is 6.87. The van der Waals surface area contributed by atoms with Gasteiger partial charge in [0.1, 0.15) is 0 Å². The molecule has 1 saturated carbocycles. The maximum absolute atomic E-state index is 6.54. The summed E-state index contributed by atoms with van der Waals surface area (Å²) in [6.07, 6.45) is 7.05. The van der Waals surface area contributed by atoms with Crippen molar-refractivity contribution in [3.8, 4) is 0 Å². The lowest BCUT2D eigenvalue weighted by atomic mass is 9.79. The summed E-state index contributed by atoms with van der Waals surface area (Å²) in [7, 11) is 2.01. The van der Waals surface area contributed by atoms with E-state index in [1.165, 1.54) is 30.2 Å². The third kappa shape index (κ3) is 2.03. The van der Waals surface area contributed by atoms with Crippen LogP contribution in [0, 0.1) is 0 Å². The van der Waals surface area contributed by atoms with Gasteiger partial charge in [-0.1, -0.05) is 37.5 Å². The van der Waals surface area contributed by atoms with E-state index in [4.69, 9.17) is 5.73 Å². The van der Waals surface area contributed by atoms with E-state index in [9.17, 15) is 0 Å². The first-order valence-electron chi connectivity index (χ1n) is 6.87. The minimum atomic E-state index is -0.0324. The van der Waals surface area contributed by atoms with Crippen LogP contribution in [0.15, 0.2) is 24.3 Å². The summed E-state index contributed by atoms with van der Waals surface area (Å²) in [5, 5.41) is 5.93. The lowest BCUT2D eigenvalue weighted by Gasteiger charge is -2.32. The topological polar surface area (TPSA) is 43.8 Å². The van der Waals surface area contributed by atoms with Crippen LogP contribution in [-0.2, 0) is 13.5 Å². The van der Waals surface area contributed by atoms with Crippen LogP contribution in [-0.4, -0.2) is 15.3 Å². The fourth-order valence-corrected chi connectivity index (χ4v) is 3.19. The molecule has 0 bridgehead atoms. The third-order valence-corrected chi connectivity index (χ3v) is 4.20. The molecule has 1 heterocycles. The minimum Gasteiger partial charge on any atom is -0.325 e. The molecule has 1 fully saturated rings. The molecule has 0 amide bonds. The number of aryl methyl sites for hydroxylation is 1. The number of rotatable bonds is 2. The van der Waals surface area contributed by atoms with Crippen LogP contribution < -0.4 is 5.73 Å². The van der Waals surface area contributed by atoms with Gasteiger partial charge in [-0.05, 0) is 18.9 Å². The molecule has 3 rings (SSSR count). The van der Waals surface area contributed by atoms with E-state index in [2.05, 4.69) is 29.4 Å². The van der Waals surface area contributed by atoms with Gasteiger partial charge in [-0.3, -0.25) is 4.68 Å². The summed E-state index contributed by atoms with van der Waals surface area (Å²) in [4.78, 5) is 0. The zero-order valence-corrected chi connectivity index (χ0v) is 11.0. The van der Waals surface area contributed by atoms with Crippen molar-refractivity contribution in [3.63, 3.8) is 0 Å². The van der Waals surface area contributed by atoms with Crippen molar-refractivity contribution in [2.45, 2.75) is 44.1 Å². The summed E-state index contributed by atoms with van der Waals surface area (Å²) in [5.74, 6) is 0. The van der Waals surface area contributed by atoms with Crippen molar-refractivity contribution in [2.75, 3.05) is 0 Å². The second-order valence-corrected chi connectivity index (χ2v) is 5.69. The van der Waals surface area contributed by atoms with E-state index in [0.717, 1.165) is 25.0 Å². The Morgan fingerprint density at radius 2 is 1.94 bits per heavy atom. The largest absolute Gasteiger partial charge is 0.325 e. The second kappa shape index (κ2) is 4.39. The van der Waals surface area contributed by atoms with Gasteiger partial charge < -0.3 is 5.73 Å². The fraction of sp³-hybridized carbons (Fsp3) is 0.533. The van der Waals surface area contributed by atoms with Crippen molar-refractivity contribution in [2.24, 2.45) is 12.8 Å². The van der Waals surface area contributed by atoms with E-state index < -0.39 is 0 Å². The molecule has 0 atom stereocenters. The molecule has 3 heteroatoms. The third-order valence-electron chi connectivity index (χ3n) is 4.20. The predicted molar refractivity (Wildman–Crippen MR) is 74.4 cm³/mol. The molecular weight excluding hydrogens is 222 g/mol. The number of nitrogens with two attached hydrogens (primary N) is 1. The van der Waals surface area contributed by atoms with Crippen LogP contribution in [0.4, 0.5) is 0 Å². The van der Waals surface area contributed by atoms with Crippen LogP contribution in [0.25, 0.3) is 10.9 Å². The van der Waals surface area contributed by atoms with Crippen LogP contribution in [0.1, 0.15) is 37.8 Å². The first kappa shape index (κ1) is 11.7. The average Bonchev–Trinajstić information content (AvgIpc) is 2.67. The smallest absolute Gasteiger partial charge is 0.0721 e. The molecule has 0 aliphatic heterocycles. The second-order valence-electron chi connectivity index (χ2n) is 5.69. The average molecular weight is 243 g/mol. The van der Waals surface area contributed by atoms with Gasteiger partial charge in [0.25, 0.3) is 0 Å². The van der Waals surface area contributed by atoms with Gasteiger partial charge in [-0.25, -0.2) is 0 Å². The van der Waals surface area contributed by atoms with Crippen molar-refractivity contribution >= 4 is 10.9 Å². The Balaban J connectivity index is 1.95. The molecule has 0 unspecified atom stereocenters. The van der Waals surface area contributed by atoms with Gasteiger partial charge in [0.15, 0.2) is 0 Å². The highest BCUT2D eigenvalue weighted by atomic mass is 15.3. The summed E-state index contributed by atoms with van der Waals surface area (Å²) in [5.41, 5.74) is 8.87. The molecule has 0 spiro atoms. The standard InChI is InChI=1S/C15H21N3/c1-18-14-8-4-3-7-12(14)13(17-18)11-15(16)9-5-2-6-10-15/h3-4,7-8H,2,5-6,9-11,16H2,1H3. The molecule has 2 N–H and O–H groups in total. The zero-order valence-electron chi connectivity index (χ0n) is 11.0. The quantitative estimate of drug-likeness (QED) is 0.881. The molecule has 2 aromatic rings.